The molecule has 1 amide bonds. The smallest absolute Gasteiger partial charge is 0.273 e. The standard InChI is InChI=1S/C14H13N3O4/c1-9-5-6-11(8-12(9)17(19)20)14(18)16-15-10(2)13-4-3-7-21-13/h3-8H,1-2H3,(H,16,18)/b15-10+. The molecule has 0 aliphatic carbocycles. The third-order valence-corrected chi connectivity index (χ3v) is 2.87. The van der Waals surface area contributed by atoms with Crippen LogP contribution in [0.2, 0.25) is 0 Å². The van der Waals surface area contributed by atoms with E-state index in [1.54, 1.807) is 26.0 Å². The Morgan fingerprint density at radius 2 is 2.14 bits per heavy atom. The second-order valence-corrected chi connectivity index (χ2v) is 4.37. The van der Waals surface area contributed by atoms with Gasteiger partial charge in [0.2, 0.25) is 0 Å². The van der Waals surface area contributed by atoms with Gasteiger partial charge in [-0.25, -0.2) is 5.43 Å². The summed E-state index contributed by atoms with van der Waals surface area (Å²) in [5, 5.41) is 14.7. The predicted octanol–water partition coefficient (Wildman–Crippen LogP) is 2.65. The molecule has 0 radical (unpaired) electrons. The molecule has 7 nitrogen and oxygen atoms in total. The van der Waals surface area contributed by atoms with Gasteiger partial charge in [0, 0.05) is 17.2 Å². The lowest BCUT2D eigenvalue weighted by molar-refractivity contribution is -0.385. The molecule has 0 saturated carbocycles. The lowest BCUT2D eigenvalue weighted by atomic mass is 10.1. The third-order valence-electron chi connectivity index (χ3n) is 2.87. The normalized spacial score (nSPS) is 11.2. The molecule has 1 aromatic carbocycles. The van der Waals surface area contributed by atoms with E-state index in [9.17, 15) is 14.9 Å². The van der Waals surface area contributed by atoms with Gasteiger partial charge in [0.1, 0.15) is 11.5 Å². The lowest BCUT2D eigenvalue weighted by Crippen LogP contribution is -2.19. The summed E-state index contributed by atoms with van der Waals surface area (Å²) in [6.45, 7) is 3.29. The van der Waals surface area contributed by atoms with Crippen molar-refractivity contribution in [3.63, 3.8) is 0 Å². The van der Waals surface area contributed by atoms with Crippen molar-refractivity contribution in [1.29, 1.82) is 0 Å². The molecule has 0 aliphatic rings. The van der Waals surface area contributed by atoms with Crippen molar-refractivity contribution in [3.05, 3.63) is 63.6 Å². The van der Waals surface area contributed by atoms with E-state index >= 15 is 0 Å². The summed E-state index contributed by atoms with van der Waals surface area (Å²) in [7, 11) is 0. The molecule has 108 valence electrons. The van der Waals surface area contributed by atoms with Crippen molar-refractivity contribution in [1.82, 2.24) is 5.43 Å². The molecule has 1 aromatic heterocycles. The van der Waals surface area contributed by atoms with Gasteiger partial charge in [0.05, 0.1) is 11.2 Å². The minimum absolute atomic E-state index is 0.102. The summed E-state index contributed by atoms with van der Waals surface area (Å²) >= 11 is 0. The fraction of sp³-hybridized carbons (Fsp3) is 0.143. The maximum Gasteiger partial charge on any atom is 0.273 e. The summed E-state index contributed by atoms with van der Waals surface area (Å²) in [6, 6.07) is 7.68. The van der Waals surface area contributed by atoms with Gasteiger partial charge >= 0.3 is 0 Å². The fourth-order valence-electron chi connectivity index (χ4n) is 1.69. The molecular weight excluding hydrogens is 274 g/mol. The number of aryl methyl sites for hydroxylation is 1. The first-order valence-corrected chi connectivity index (χ1v) is 6.12. The maximum atomic E-state index is 11.9. The highest BCUT2D eigenvalue weighted by Gasteiger charge is 2.14. The van der Waals surface area contributed by atoms with Crippen LogP contribution in [-0.4, -0.2) is 16.5 Å². The van der Waals surface area contributed by atoms with Crippen LogP contribution in [0, 0.1) is 17.0 Å². The first-order chi connectivity index (χ1) is 9.99. The molecule has 0 bridgehead atoms. The highest BCUT2D eigenvalue weighted by molar-refractivity contribution is 5.99. The zero-order valence-corrected chi connectivity index (χ0v) is 11.5. The van der Waals surface area contributed by atoms with Crippen LogP contribution in [0.1, 0.15) is 28.6 Å². The summed E-state index contributed by atoms with van der Waals surface area (Å²) < 4.78 is 5.13. The van der Waals surface area contributed by atoms with Crippen LogP contribution in [0.25, 0.3) is 0 Å². The number of amides is 1. The van der Waals surface area contributed by atoms with Gasteiger partial charge in [-0.05, 0) is 32.0 Å². The van der Waals surface area contributed by atoms with Crippen LogP contribution >= 0.6 is 0 Å². The number of benzene rings is 1. The Hall–Kier alpha value is -2.96. The van der Waals surface area contributed by atoms with Crippen molar-refractivity contribution in [2.24, 2.45) is 5.10 Å². The van der Waals surface area contributed by atoms with Crippen molar-refractivity contribution < 1.29 is 14.1 Å². The molecule has 1 heterocycles. The fourth-order valence-corrected chi connectivity index (χ4v) is 1.69. The maximum absolute atomic E-state index is 11.9. The molecular formula is C14H13N3O4. The third kappa shape index (κ3) is 3.33. The second-order valence-electron chi connectivity index (χ2n) is 4.37. The SMILES string of the molecule is C/C(=N\NC(=O)c1ccc(C)c([N+](=O)[O-])c1)c1ccco1. The first-order valence-electron chi connectivity index (χ1n) is 6.12. The monoisotopic (exact) mass is 287 g/mol. The average Bonchev–Trinajstić information content (AvgIpc) is 2.98. The molecule has 7 heteroatoms. The van der Waals surface area contributed by atoms with Crippen LogP contribution < -0.4 is 5.43 Å². The average molecular weight is 287 g/mol. The Morgan fingerprint density at radius 3 is 2.76 bits per heavy atom. The Morgan fingerprint density at radius 1 is 1.38 bits per heavy atom. The van der Waals surface area contributed by atoms with E-state index in [0.29, 0.717) is 17.0 Å². The molecule has 1 N–H and O–H groups in total. The number of furan rings is 1. The number of rotatable bonds is 4. The molecule has 0 saturated heterocycles. The number of carbonyl (C=O) groups is 1. The molecule has 0 atom stereocenters. The molecule has 2 aromatic rings. The summed E-state index contributed by atoms with van der Waals surface area (Å²) in [6.07, 6.45) is 1.50. The first kappa shape index (κ1) is 14.4. The van der Waals surface area contributed by atoms with Crippen LogP contribution in [0.15, 0.2) is 46.1 Å². The topological polar surface area (TPSA) is 97.7 Å². The van der Waals surface area contributed by atoms with E-state index in [0.717, 1.165) is 0 Å². The van der Waals surface area contributed by atoms with E-state index < -0.39 is 10.8 Å². The summed E-state index contributed by atoms with van der Waals surface area (Å²) in [4.78, 5) is 22.3. The van der Waals surface area contributed by atoms with Gasteiger partial charge in [-0.3, -0.25) is 14.9 Å². The van der Waals surface area contributed by atoms with E-state index in [1.165, 1.54) is 24.5 Å². The van der Waals surface area contributed by atoms with Crippen molar-refractivity contribution in [3.8, 4) is 0 Å². The van der Waals surface area contributed by atoms with Crippen molar-refractivity contribution in [2.75, 3.05) is 0 Å². The predicted molar refractivity (Wildman–Crippen MR) is 76.2 cm³/mol. The number of nitro benzene ring substituents is 1. The zero-order chi connectivity index (χ0) is 15.4. The number of hydrogen-bond donors (Lipinski definition) is 1. The minimum Gasteiger partial charge on any atom is -0.463 e. The van der Waals surface area contributed by atoms with Crippen LogP contribution in [0.5, 0.6) is 0 Å². The van der Waals surface area contributed by atoms with Crippen LogP contribution in [0.3, 0.4) is 0 Å². The Balaban J connectivity index is 2.16. The van der Waals surface area contributed by atoms with E-state index in [-0.39, 0.29) is 11.3 Å². The van der Waals surface area contributed by atoms with Gasteiger partial charge in [-0.15, -0.1) is 0 Å². The number of nitro groups is 1. The van der Waals surface area contributed by atoms with Crippen LogP contribution in [0.4, 0.5) is 5.69 Å². The Kier molecular flexibility index (Phi) is 4.13. The Bertz CT molecular complexity index is 705. The zero-order valence-electron chi connectivity index (χ0n) is 11.5. The highest BCUT2D eigenvalue weighted by atomic mass is 16.6. The van der Waals surface area contributed by atoms with Gasteiger partial charge in [0.15, 0.2) is 0 Å². The number of nitrogens with one attached hydrogen (secondary N) is 1. The second kappa shape index (κ2) is 6.00. The van der Waals surface area contributed by atoms with Crippen LogP contribution in [-0.2, 0) is 0 Å². The van der Waals surface area contributed by atoms with Crippen molar-refractivity contribution >= 4 is 17.3 Å². The highest BCUT2D eigenvalue weighted by Crippen LogP contribution is 2.19. The quantitative estimate of drug-likeness (QED) is 0.531. The van der Waals surface area contributed by atoms with Gasteiger partial charge < -0.3 is 4.42 Å². The van der Waals surface area contributed by atoms with Crippen molar-refractivity contribution in [2.45, 2.75) is 13.8 Å². The molecule has 2 rings (SSSR count). The Labute approximate surface area is 120 Å². The van der Waals surface area contributed by atoms with Gasteiger partial charge in [-0.1, -0.05) is 6.07 Å². The molecule has 0 unspecified atom stereocenters. The van der Waals surface area contributed by atoms with Gasteiger partial charge in [0.25, 0.3) is 11.6 Å². The summed E-state index contributed by atoms with van der Waals surface area (Å²) in [5.41, 5.74) is 3.39. The number of nitrogens with zero attached hydrogens (tertiary/aromatic N) is 2. The van der Waals surface area contributed by atoms with E-state index in [1.807, 2.05) is 0 Å². The molecule has 21 heavy (non-hydrogen) atoms. The summed E-state index contributed by atoms with van der Waals surface area (Å²) in [5.74, 6) is 0.00851. The van der Waals surface area contributed by atoms with Gasteiger partial charge in [-0.2, -0.15) is 5.10 Å². The van der Waals surface area contributed by atoms with E-state index in [2.05, 4.69) is 10.5 Å². The van der Waals surface area contributed by atoms with E-state index in [4.69, 9.17) is 4.42 Å². The minimum atomic E-state index is -0.524. The number of carbonyl (C=O) groups excluding carboxylic acids is 1. The molecule has 0 fully saturated rings. The number of hydrogen-bond acceptors (Lipinski definition) is 5. The largest absolute Gasteiger partial charge is 0.463 e. The molecule has 0 spiro atoms. The molecule has 0 aliphatic heterocycles. The lowest BCUT2D eigenvalue weighted by Gasteiger charge is -2.03. The number of hydrazone groups is 1.